The van der Waals surface area contributed by atoms with Crippen LogP contribution in [-0.4, -0.2) is 23.4 Å². The van der Waals surface area contributed by atoms with Gasteiger partial charge in [-0.2, -0.15) is 0 Å². The summed E-state index contributed by atoms with van der Waals surface area (Å²) in [6, 6.07) is 20.9. The van der Waals surface area contributed by atoms with E-state index in [2.05, 4.69) is 10.6 Å². The lowest BCUT2D eigenvalue weighted by molar-refractivity contribution is 0.0378. The number of carbonyl (C=O) groups is 3. The summed E-state index contributed by atoms with van der Waals surface area (Å²) in [4.78, 5) is 39.0. The van der Waals surface area contributed by atoms with Gasteiger partial charge in [-0.05, 0) is 62.4 Å². The maximum Gasteiger partial charge on any atom is 0.325 e. The average molecular weight is 441 g/mol. The van der Waals surface area contributed by atoms with Crippen molar-refractivity contribution in [2.75, 3.05) is 10.2 Å². The Kier molecular flexibility index (Phi) is 4.89. The minimum absolute atomic E-state index is 0.0383. The lowest BCUT2D eigenvalue weighted by Crippen LogP contribution is -2.65. The highest BCUT2D eigenvalue weighted by molar-refractivity contribution is 6.06. The second kappa shape index (κ2) is 7.78. The molecule has 7 heteroatoms. The molecule has 1 fully saturated rings. The van der Waals surface area contributed by atoms with Gasteiger partial charge in [0.05, 0.1) is 11.7 Å². The number of fused-ring (bicyclic) bond motifs is 4. The summed E-state index contributed by atoms with van der Waals surface area (Å²) in [5.41, 5.74) is 2.19. The van der Waals surface area contributed by atoms with Crippen molar-refractivity contribution in [3.05, 3.63) is 89.5 Å². The Morgan fingerprint density at radius 2 is 1.79 bits per heavy atom. The van der Waals surface area contributed by atoms with E-state index in [-0.39, 0.29) is 23.8 Å². The zero-order valence-electron chi connectivity index (χ0n) is 18.3. The van der Waals surface area contributed by atoms with Crippen LogP contribution < -0.4 is 20.3 Å². The first-order valence-corrected chi connectivity index (χ1v) is 10.8. The van der Waals surface area contributed by atoms with E-state index in [1.807, 2.05) is 31.2 Å². The van der Waals surface area contributed by atoms with Crippen LogP contribution in [0.2, 0.25) is 0 Å². The quantitative estimate of drug-likeness (QED) is 0.563. The molecule has 1 saturated heterocycles. The molecular formula is C26H23N3O4. The van der Waals surface area contributed by atoms with E-state index in [4.69, 9.17) is 4.74 Å². The Morgan fingerprint density at radius 3 is 2.55 bits per heavy atom. The minimum Gasteiger partial charge on any atom is -0.467 e. The number of nitrogens with zero attached hydrogens (tertiary/aromatic N) is 1. The summed E-state index contributed by atoms with van der Waals surface area (Å²) >= 11 is 0. The SMILES string of the molecule is CC(=O)c1ccc(NC(=O)c2cccc(N3C(=O)N[C@H]4C[C@@]3(C)Oc3ccccc34)c2)cc1. The van der Waals surface area contributed by atoms with Gasteiger partial charge in [0.2, 0.25) is 0 Å². The number of carbonyl (C=O) groups excluding carboxylic acids is 3. The molecular weight excluding hydrogens is 418 g/mol. The van der Waals surface area contributed by atoms with Crippen molar-refractivity contribution in [1.29, 1.82) is 0 Å². The topological polar surface area (TPSA) is 87.7 Å². The fourth-order valence-electron chi connectivity index (χ4n) is 4.49. The molecule has 2 bridgehead atoms. The number of ether oxygens (including phenoxy) is 1. The van der Waals surface area contributed by atoms with Crippen LogP contribution in [0.3, 0.4) is 0 Å². The van der Waals surface area contributed by atoms with Crippen molar-refractivity contribution in [3.8, 4) is 5.75 Å². The molecule has 3 amide bonds. The monoisotopic (exact) mass is 441 g/mol. The van der Waals surface area contributed by atoms with Crippen molar-refractivity contribution < 1.29 is 19.1 Å². The molecule has 0 radical (unpaired) electrons. The number of Topliss-reactive ketones (excluding diaryl/α,β-unsaturated/α-hetero) is 1. The molecule has 3 aromatic rings. The molecule has 0 saturated carbocycles. The second-order valence-corrected chi connectivity index (χ2v) is 8.49. The molecule has 0 unspecified atom stereocenters. The molecule has 2 heterocycles. The fourth-order valence-corrected chi connectivity index (χ4v) is 4.49. The van der Waals surface area contributed by atoms with E-state index in [0.717, 1.165) is 11.3 Å². The summed E-state index contributed by atoms with van der Waals surface area (Å²) in [6.07, 6.45) is 0.578. The van der Waals surface area contributed by atoms with Crippen LogP contribution in [0, 0.1) is 0 Å². The van der Waals surface area contributed by atoms with Gasteiger partial charge in [0, 0.05) is 28.8 Å². The number of nitrogens with one attached hydrogen (secondary N) is 2. The number of para-hydroxylation sites is 1. The third-order valence-corrected chi connectivity index (χ3v) is 6.10. The first-order chi connectivity index (χ1) is 15.8. The summed E-state index contributed by atoms with van der Waals surface area (Å²) < 4.78 is 6.29. The van der Waals surface area contributed by atoms with Crippen molar-refractivity contribution in [1.82, 2.24) is 5.32 Å². The van der Waals surface area contributed by atoms with Crippen LogP contribution in [0.1, 0.15) is 52.6 Å². The van der Waals surface area contributed by atoms with Gasteiger partial charge in [0.1, 0.15) is 5.75 Å². The molecule has 2 N–H and O–H groups in total. The fraction of sp³-hybridized carbons (Fsp3) is 0.192. The number of ketones is 1. The smallest absolute Gasteiger partial charge is 0.325 e. The first kappa shape index (κ1) is 20.8. The van der Waals surface area contributed by atoms with Gasteiger partial charge in [-0.1, -0.05) is 24.3 Å². The van der Waals surface area contributed by atoms with Crippen LogP contribution in [-0.2, 0) is 0 Å². The molecule has 0 aromatic heterocycles. The molecule has 166 valence electrons. The number of hydrogen-bond acceptors (Lipinski definition) is 4. The van der Waals surface area contributed by atoms with E-state index in [1.165, 1.54) is 6.92 Å². The van der Waals surface area contributed by atoms with Crippen molar-refractivity contribution in [3.63, 3.8) is 0 Å². The molecule has 0 spiro atoms. The predicted molar refractivity (Wildman–Crippen MR) is 125 cm³/mol. The molecule has 7 nitrogen and oxygen atoms in total. The van der Waals surface area contributed by atoms with Crippen molar-refractivity contribution >= 4 is 29.1 Å². The highest BCUT2D eigenvalue weighted by atomic mass is 16.5. The third-order valence-electron chi connectivity index (χ3n) is 6.10. The largest absolute Gasteiger partial charge is 0.467 e. The second-order valence-electron chi connectivity index (χ2n) is 8.49. The van der Waals surface area contributed by atoms with Crippen LogP contribution in [0.5, 0.6) is 5.75 Å². The number of amides is 3. The number of anilines is 2. The number of benzene rings is 3. The first-order valence-electron chi connectivity index (χ1n) is 10.8. The van der Waals surface area contributed by atoms with Gasteiger partial charge in [-0.25, -0.2) is 4.79 Å². The maximum atomic E-state index is 13.1. The molecule has 5 rings (SSSR count). The highest BCUT2D eigenvalue weighted by Crippen LogP contribution is 2.45. The van der Waals surface area contributed by atoms with Crippen LogP contribution in [0.15, 0.2) is 72.8 Å². The van der Waals surface area contributed by atoms with E-state index >= 15 is 0 Å². The Hall–Kier alpha value is -4.13. The Labute approximate surface area is 191 Å². The normalized spacial score (nSPS) is 20.8. The van der Waals surface area contributed by atoms with Crippen molar-refractivity contribution in [2.24, 2.45) is 0 Å². The van der Waals surface area contributed by atoms with E-state index < -0.39 is 5.72 Å². The zero-order valence-corrected chi connectivity index (χ0v) is 18.3. The van der Waals surface area contributed by atoms with Crippen LogP contribution in [0.4, 0.5) is 16.2 Å². The van der Waals surface area contributed by atoms with E-state index in [0.29, 0.717) is 28.9 Å². The zero-order chi connectivity index (χ0) is 23.2. The van der Waals surface area contributed by atoms with Gasteiger partial charge in [0.25, 0.3) is 5.91 Å². The summed E-state index contributed by atoms with van der Waals surface area (Å²) in [6.45, 7) is 3.38. The summed E-state index contributed by atoms with van der Waals surface area (Å²) in [5, 5.41) is 5.89. The van der Waals surface area contributed by atoms with Crippen molar-refractivity contribution in [2.45, 2.75) is 32.0 Å². The maximum absolute atomic E-state index is 13.1. The standard InChI is InChI=1S/C26H23N3O4/c1-16(30)17-10-12-19(13-11-17)27-24(31)18-6-5-7-20(14-18)29-25(32)28-22-15-26(29,2)33-23-9-4-3-8-21(22)23/h3-14,22H,15H2,1-2H3,(H,27,31)(H,28,32)/t22-,26+/m0/s1. The minimum atomic E-state index is -0.890. The Morgan fingerprint density at radius 1 is 1.03 bits per heavy atom. The van der Waals surface area contributed by atoms with E-state index in [9.17, 15) is 14.4 Å². The summed E-state index contributed by atoms with van der Waals surface area (Å²) in [7, 11) is 0. The van der Waals surface area contributed by atoms with Gasteiger partial charge >= 0.3 is 6.03 Å². The predicted octanol–water partition coefficient (Wildman–Crippen LogP) is 4.91. The van der Waals surface area contributed by atoms with Gasteiger partial charge < -0.3 is 15.4 Å². The Balaban J connectivity index is 1.41. The summed E-state index contributed by atoms with van der Waals surface area (Å²) in [5.74, 6) is 0.385. The molecule has 33 heavy (non-hydrogen) atoms. The van der Waals surface area contributed by atoms with E-state index in [1.54, 1.807) is 53.4 Å². The third kappa shape index (κ3) is 3.71. The highest BCUT2D eigenvalue weighted by Gasteiger charge is 2.49. The van der Waals surface area contributed by atoms with Crippen LogP contribution in [0.25, 0.3) is 0 Å². The van der Waals surface area contributed by atoms with Gasteiger partial charge in [-0.15, -0.1) is 0 Å². The van der Waals surface area contributed by atoms with Gasteiger partial charge in [-0.3, -0.25) is 14.5 Å². The lowest BCUT2D eigenvalue weighted by Gasteiger charge is -2.50. The Bertz CT molecular complexity index is 1270. The molecule has 0 aliphatic carbocycles. The molecule has 2 atom stereocenters. The lowest BCUT2D eigenvalue weighted by atomic mass is 9.90. The molecule has 3 aromatic carbocycles. The van der Waals surface area contributed by atoms with Crippen LogP contribution >= 0.6 is 0 Å². The number of urea groups is 1. The molecule has 2 aliphatic heterocycles. The average Bonchev–Trinajstić information content (AvgIpc) is 2.79. The number of rotatable bonds is 4. The van der Waals surface area contributed by atoms with Gasteiger partial charge in [0.15, 0.2) is 11.5 Å². The number of hydrogen-bond donors (Lipinski definition) is 2. The molecule has 2 aliphatic rings.